The van der Waals surface area contributed by atoms with Gasteiger partial charge in [0.05, 0.1) is 0 Å². The van der Waals surface area contributed by atoms with Gasteiger partial charge in [0.25, 0.3) is 0 Å². The minimum atomic E-state index is 0.335. The first kappa shape index (κ1) is 21.2. The molecule has 0 saturated carbocycles. The Balaban J connectivity index is 2.17. The second kappa shape index (κ2) is 9.78. The Bertz CT molecular complexity index is 838. The zero-order valence-electron chi connectivity index (χ0n) is 18.3. The van der Waals surface area contributed by atoms with Gasteiger partial charge < -0.3 is 5.11 Å². The molecular formula is C28H34O. The molecule has 3 aromatic rings. The molecule has 152 valence electrons. The van der Waals surface area contributed by atoms with Crippen LogP contribution in [0.3, 0.4) is 0 Å². The van der Waals surface area contributed by atoms with Crippen LogP contribution in [0, 0.1) is 0 Å². The van der Waals surface area contributed by atoms with Crippen molar-refractivity contribution in [2.24, 2.45) is 0 Å². The molecule has 0 radical (unpaired) electrons. The van der Waals surface area contributed by atoms with Crippen LogP contribution in [-0.2, 0) is 12.8 Å². The number of aromatic hydroxyl groups is 1. The standard InChI is InChI=1S/C28H34O/c1-5-20(3)26-24(17-22-13-9-7-10-14-22)19-25(18-23-15-11-8-12-16-23)27(28(26)29)21(4)6-2/h7-16,19-21,29H,5-6,17-18H2,1-4H3. The molecule has 0 spiro atoms. The highest BCUT2D eigenvalue weighted by Crippen LogP contribution is 2.42. The Morgan fingerprint density at radius 2 is 1.03 bits per heavy atom. The van der Waals surface area contributed by atoms with Crippen molar-refractivity contribution in [3.05, 3.63) is 100 Å². The highest BCUT2D eigenvalue weighted by atomic mass is 16.3. The summed E-state index contributed by atoms with van der Waals surface area (Å²) in [6.45, 7) is 8.88. The molecule has 2 atom stereocenters. The average Bonchev–Trinajstić information content (AvgIpc) is 2.74. The number of phenolic OH excluding ortho intramolecular Hbond substituents is 1. The molecule has 0 aliphatic rings. The predicted octanol–water partition coefficient (Wildman–Crippen LogP) is 7.60. The highest BCUT2D eigenvalue weighted by molar-refractivity contribution is 5.55. The summed E-state index contributed by atoms with van der Waals surface area (Å²) in [5.74, 6) is 1.21. The number of benzene rings is 3. The Morgan fingerprint density at radius 3 is 1.38 bits per heavy atom. The van der Waals surface area contributed by atoms with E-state index in [-0.39, 0.29) is 0 Å². The van der Waals surface area contributed by atoms with Gasteiger partial charge in [0.15, 0.2) is 0 Å². The summed E-state index contributed by atoms with van der Waals surface area (Å²) in [4.78, 5) is 0. The van der Waals surface area contributed by atoms with Crippen LogP contribution in [0.1, 0.15) is 85.8 Å². The van der Waals surface area contributed by atoms with E-state index in [1.807, 2.05) is 0 Å². The molecule has 0 bridgehead atoms. The van der Waals surface area contributed by atoms with Crippen molar-refractivity contribution >= 4 is 0 Å². The van der Waals surface area contributed by atoms with Gasteiger partial charge in [-0.15, -0.1) is 0 Å². The summed E-state index contributed by atoms with van der Waals surface area (Å²) in [6, 6.07) is 23.6. The molecule has 0 saturated heterocycles. The summed E-state index contributed by atoms with van der Waals surface area (Å²) >= 11 is 0. The van der Waals surface area contributed by atoms with Crippen molar-refractivity contribution in [1.29, 1.82) is 0 Å². The van der Waals surface area contributed by atoms with Crippen LogP contribution < -0.4 is 0 Å². The lowest BCUT2D eigenvalue weighted by atomic mass is 9.81. The van der Waals surface area contributed by atoms with Crippen LogP contribution in [0.2, 0.25) is 0 Å². The summed E-state index contributed by atoms with van der Waals surface area (Å²) in [5.41, 5.74) is 7.39. The lowest BCUT2D eigenvalue weighted by Crippen LogP contribution is -2.08. The fourth-order valence-corrected chi connectivity index (χ4v) is 4.25. The lowest BCUT2D eigenvalue weighted by molar-refractivity contribution is 0.446. The second-order valence-corrected chi connectivity index (χ2v) is 8.31. The minimum absolute atomic E-state index is 0.335. The van der Waals surface area contributed by atoms with E-state index in [2.05, 4.69) is 94.4 Å². The van der Waals surface area contributed by atoms with Gasteiger partial charge in [0, 0.05) is 11.1 Å². The first-order valence-corrected chi connectivity index (χ1v) is 11.0. The van der Waals surface area contributed by atoms with Crippen LogP contribution in [0.4, 0.5) is 0 Å². The normalized spacial score (nSPS) is 13.2. The number of hydrogen-bond donors (Lipinski definition) is 1. The minimum Gasteiger partial charge on any atom is -0.507 e. The molecule has 1 heteroatoms. The maximum Gasteiger partial charge on any atom is 0.123 e. The van der Waals surface area contributed by atoms with Crippen molar-refractivity contribution in [2.75, 3.05) is 0 Å². The topological polar surface area (TPSA) is 20.2 Å². The summed E-state index contributed by atoms with van der Waals surface area (Å²) < 4.78 is 0. The van der Waals surface area contributed by atoms with Crippen molar-refractivity contribution in [2.45, 2.75) is 65.2 Å². The van der Waals surface area contributed by atoms with E-state index in [1.54, 1.807) is 0 Å². The molecule has 2 unspecified atom stereocenters. The van der Waals surface area contributed by atoms with Crippen molar-refractivity contribution in [3.8, 4) is 5.75 Å². The molecule has 3 aromatic carbocycles. The largest absolute Gasteiger partial charge is 0.507 e. The third-order valence-electron chi connectivity index (χ3n) is 6.24. The quantitative estimate of drug-likeness (QED) is 0.422. The monoisotopic (exact) mass is 386 g/mol. The molecule has 0 heterocycles. The zero-order valence-corrected chi connectivity index (χ0v) is 18.3. The Hall–Kier alpha value is -2.54. The molecule has 1 N–H and O–H groups in total. The smallest absolute Gasteiger partial charge is 0.123 e. The maximum absolute atomic E-state index is 11.5. The van der Waals surface area contributed by atoms with E-state index in [9.17, 15) is 5.11 Å². The van der Waals surface area contributed by atoms with E-state index < -0.39 is 0 Å². The van der Waals surface area contributed by atoms with Crippen LogP contribution in [0.15, 0.2) is 66.7 Å². The summed E-state index contributed by atoms with van der Waals surface area (Å²) in [5, 5.41) is 11.5. The van der Waals surface area contributed by atoms with Crippen molar-refractivity contribution < 1.29 is 5.11 Å². The Morgan fingerprint density at radius 1 is 0.655 bits per heavy atom. The van der Waals surface area contributed by atoms with E-state index in [1.165, 1.54) is 22.3 Å². The third kappa shape index (κ3) is 4.90. The fourth-order valence-electron chi connectivity index (χ4n) is 4.25. The first-order valence-electron chi connectivity index (χ1n) is 11.0. The highest BCUT2D eigenvalue weighted by Gasteiger charge is 2.23. The molecule has 0 fully saturated rings. The number of rotatable bonds is 8. The maximum atomic E-state index is 11.5. The second-order valence-electron chi connectivity index (χ2n) is 8.31. The molecule has 1 nitrogen and oxygen atoms in total. The Labute approximate surface area is 176 Å². The van der Waals surface area contributed by atoms with Crippen molar-refractivity contribution in [1.82, 2.24) is 0 Å². The van der Waals surface area contributed by atoms with E-state index in [0.29, 0.717) is 17.6 Å². The van der Waals surface area contributed by atoms with Crippen LogP contribution in [-0.4, -0.2) is 5.11 Å². The van der Waals surface area contributed by atoms with Crippen LogP contribution >= 0.6 is 0 Å². The number of hydrogen-bond acceptors (Lipinski definition) is 1. The summed E-state index contributed by atoms with van der Waals surface area (Å²) in [7, 11) is 0. The molecule has 0 aromatic heterocycles. The Kier molecular flexibility index (Phi) is 7.14. The van der Waals surface area contributed by atoms with E-state index in [0.717, 1.165) is 36.8 Å². The van der Waals surface area contributed by atoms with Crippen LogP contribution in [0.5, 0.6) is 5.75 Å². The first-order chi connectivity index (χ1) is 14.0. The van der Waals surface area contributed by atoms with Gasteiger partial charge in [-0.05, 0) is 59.8 Å². The van der Waals surface area contributed by atoms with Gasteiger partial charge in [0.2, 0.25) is 0 Å². The molecule has 29 heavy (non-hydrogen) atoms. The van der Waals surface area contributed by atoms with Gasteiger partial charge in [-0.1, -0.05) is 94.4 Å². The zero-order chi connectivity index (χ0) is 20.8. The lowest BCUT2D eigenvalue weighted by Gasteiger charge is -2.25. The number of phenols is 1. The molecule has 0 aliphatic heterocycles. The van der Waals surface area contributed by atoms with Crippen molar-refractivity contribution in [3.63, 3.8) is 0 Å². The molecule has 3 rings (SSSR count). The average molecular weight is 387 g/mol. The molecular weight excluding hydrogens is 352 g/mol. The van der Waals surface area contributed by atoms with E-state index >= 15 is 0 Å². The molecule has 0 amide bonds. The van der Waals surface area contributed by atoms with Gasteiger partial charge in [-0.25, -0.2) is 0 Å². The predicted molar refractivity (Wildman–Crippen MR) is 124 cm³/mol. The summed E-state index contributed by atoms with van der Waals surface area (Å²) in [6.07, 6.45) is 3.76. The molecule has 0 aliphatic carbocycles. The third-order valence-corrected chi connectivity index (χ3v) is 6.24. The van der Waals surface area contributed by atoms with Gasteiger partial charge >= 0.3 is 0 Å². The van der Waals surface area contributed by atoms with Gasteiger partial charge in [-0.2, -0.15) is 0 Å². The SMILES string of the molecule is CCC(C)c1c(Cc2ccccc2)cc(Cc2ccccc2)c(C(C)CC)c1O. The fraction of sp³-hybridized carbons (Fsp3) is 0.357. The van der Waals surface area contributed by atoms with Crippen LogP contribution in [0.25, 0.3) is 0 Å². The van der Waals surface area contributed by atoms with E-state index in [4.69, 9.17) is 0 Å². The van der Waals surface area contributed by atoms with Gasteiger partial charge in [0.1, 0.15) is 5.75 Å². The van der Waals surface area contributed by atoms with Gasteiger partial charge in [-0.3, -0.25) is 0 Å².